The van der Waals surface area contributed by atoms with Crippen LogP contribution in [-0.2, 0) is 36.8 Å². The van der Waals surface area contributed by atoms with Gasteiger partial charge in [0.1, 0.15) is 11.6 Å². The SMILES string of the molecule is CCC1=C(C)c2cc3[nH]c(cc4nc(c(CC(=O)OC)c5[nH]c(cc1n2)c(C)c5C(=O)NCCC(=O)CCC(=O)CCO)C(C(C)C(=O)O)C4C)c(C)c3CC. The standard InChI is InChI=1S/C43H53N5O8/c1-9-28-21(3)31-18-33-23(5)38(25(7)43(54)55)40(47-33)30(17-37(52)56-8)41-39(42(53)44-15-13-26(50)11-12-27(51)14-16-49)24(6)34(48-41)20-36-29(10-2)22(4)32(46-36)19-35(28)45-31/h18-20,23,25,38,45,48-49H,9-17H2,1-8H3,(H,44,53)(H,54,55). The number of ketones is 2. The topological polar surface area (TPSA) is 204 Å². The smallest absolute Gasteiger partial charge is 0.310 e. The molecule has 3 aromatic rings. The van der Waals surface area contributed by atoms with Crippen LogP contribution in [0.5, 0.6) is 0 Å². The number of aliphatic hydroxyl groups excluding tert-OH is 1. The van der Waals surface area contributed by atoms with Gasteiger partial charge in [0.25, 0.3) is 5.91 Å². The number of aromatic amines is 2. The lowest BCUT2D eigenvalue weighted by atomic mass is 9.79. The van der Waals surface area contributed by atoms with E-state index in [4.69, 9.17) is 19.8 Å². The second kappa shape index (κ2) is 17.6. The molecule has 2 aliphatic rings. The van der Waals surface area contributed by atoms with E-state index in [0.29, 0.717) is 40.0 Å². The number of aliphatic hydroxyl groups is 1. The number of aromatic nitrogens is 4. The third-order valence-corrected chi connectivity index (χ3v) is 11.3. The van der Waals surface area contributed by atoms with Gasteiger partial charge in [-0.25, -0.2) is 4.98 Å². The zero-order valence-corrected chi connectivity index (χ0v) is 33.6. The van der Waals surface area contributed by atoms with Crippen molar-refractivity contribution in [1.29, 1.82) is 0 Å². The number of fused-ring (bicyclic) bond motifs is 8. The van der Waals surface area contributed by atoms with Crippen LogP contribution in [-0.4, -0.2) is 79.8 Å². The number of amides is 1. The lowest BCUT2D eigenvalue weighted by molar-refractivity contribution is -0.142. The molecule has 298 valence electrons. The summed E-state index contributed by atoms with van der Waals surface area (Å²) in [7, 11) is 1.27. The van der Waals surface area contributed by atoms with E-state index in [9.17, 15) is 29.1 Å². The van der Waals surface area contributed by atoms with Gasteiger partial charge in [0, 0.05) is 78.5 Å². The van der Waals surface area contributed by atoms with Crippen molar-refractivity contribution in [3.63, 3.8) is 0 Å². The predicted octanol–water partition coefficient (Wildman–Crippen LogP) is 6.58. The minimum absolute atomic E-state index is 0.00450. The fraction of sp³-hybridized carbons (Fsp3) is 0.465. The highest BCUT2D eigenvalue weighted by Gasteiger charge is 2.39. The lowest BCUT2D eigenvalue weighted by Crippen LogP contribution is -2.27. The minimum atomic E-state index is -1.03. The molecule has 1 amide bonds. The van der Waals surface area contributed by atoms with Crippen LogP contribution in [0.4, 0.5) is 0 Å². The van der Waals surface area contributed by atoms with E-state index < -0.39 is 29.7 Å². The number of Topliss-reactive ketones (excluding diaryl/α,β-unsaturated/α-hetero) is 2. The number of carbonyl (C=O) groups excluding carboxylic acids is 4. The molecule has 0 aliphatic carbocycles. The van der Waals surface area contributed by atoms with Crippen LogP contribution in [0.15, 0.2) is 18.2 Å². The molecule has 3 atom stereocenters. The number of nitrogens with one attached hydrogen (secondary N) is 3. The molecule has 0 saturated heterocycles. The molecule has 0 spiro atoms. The number of esters is 1. The number of carbonyl (C=O) groups is 5. The maximum Gasteiger partial charge on any atom is 0.310 e. The number of rotatable bonds is 15. The van der Waals surface area contributed by atoms with Gasteiger partial charge < -0.3 is 30.2 Å². The van der Waals surface area contributed by atoms with Gasteiger partial charge in [0.2, 0.25) is 0 Å². The van der Waals surface area contributed by atoms with Crippen molar-refractivity contribution in [2.45, 2.75) is 105 Å². The monoisotopic (exact) mass is 767 g/mol. The summed E-state index contributed by atoms with van der Waals surface area (Å²) < 4.78 is 5.16. The lowest BCUT2D eigenvalue weighted by Gasteiger charge is -2.22. The molecular weight excluding hydrogens is 714 g/mol. The Balaban J connectivity index is 1.85. The summed E-state index contributed by atoms with van der Waals surface area (Å²) in [5, 5.41) is 22.2. The molecule has 0 aromatic carbocycles. The Morgan fingerprint density at radius 1 is 0.857 bits per heavy atom. The van der Waals surface area contributed by atoms with E-state index in [1.807, 2.05) is 32.9 Å². The highest BCUT2D eigenvalue weighted by Crippen LogP contribution is 2.44. The number of nitrogens with zero attached hydrogens (tertiary/aromatic N) is 2. The summed E-state index contributed by atoms with van der Waals surface area (Å²) in [5.41, 5.74) is 10.5. The Hall–Kier alpha value is -5.43. The van der Waals surface area contributed by atoms with Gasteiger partial charge in [-0.15, -0.1) is 0 Å². The van der Waals surface area contributed by atoms with Crippen molar-refractivity contribution in [2.24, 2.45) is 5.92 Å². The molecule has 8 bridgehead atoms. The van der Waals surface area contributed by atoms with Gasteiger partial charge in [-0.3, -0.25) is 29.0 Å². The number of hydrogen-bond donors (Lipinski definition) is 5. The van der Waals surface area contributed by atoms with E-state index >= 15 is 0 Å². The fourth-order valence-electron chi connectivity index (χ4n) is 8.00. The van der Waals surface area contributed by atoms with Gasteiger partial charge in [-0.2, -0.15) is 0 Å². The predicted molar refractivity (Wildman–Crippen MR) is 214 cm³/mol. The van der Waals surface area contributed by atoms with Crippen LogP contribution in [0.1, 0.15) is 134 Å². The molecular formula is C43H53N5O8. The first-order chi connectivity index (χ1) is 26.6. The average molecular weight is 768 g/mol. The number of carboxylic acids is 1. The highest BCUT2D eigenvalue weighted by atomic mass is 16.5. The van der Waals surface area contributed by atoms with Crippen molar-refractivity contribution in [3.8, 4) is 0 Å². The molecule has 5 rings (SSSR count). The summed E-state index contributed by atoms with van der Waals surface area (Å²) in [6.07, 6.45) is 1.16. The molecule has 3 unspecified atom stereocenters. The van der Waals surface area contributed by atoms with Crippen LogP contribution < -0.4 is 5.32 Å². The van der Waals surface area contributed by atoms with Gasteiger partial charge in [0.15, 0.2) is 0 Å². The number of H-pyrrole nitrogens is 2. The molecule has 2 aliphatic heterocycles. The number of allylic oxidation sites excluding steroid dienone is 2. The molecule has 3 aromatic heterocycles. The van der Waals surface area contributed by atoms with Gasteiger partial charge in [-0.05, 0) is 79.6 Å². The fourth-order valence-corrected chi connectivity index (χ4v) is 8.00. The van der Waals surface area contributed by atoms with Crippen LogP contribution >= 0.6 is 0 Å². The van der Waals surface area contributed by atoms with Crippen LogP contribution in [0.3, 0.4) is 0 Å². The number of methoxy groups -OCH3 is 1. The van der Waals surface area contributed by atoms with Crippen molar-refractivity contribution < 1.29 is 38.9 Å². The molecule has 13 heteroatoms. The maximum absolute atomic E-state index is 14.3. The molecule has 13 nitrogen and oxygen atoms in total. The van der Waals surface area contributed by atoms with E-state index in [1.165, 1.54) is 7.11 Å². The second-order valence-electron chi connectivity index (χ2n) is 14.7. The number of hydrogen-bond acceptors (Lipinski definition) is 9. The molecule has 0 saturated carbocycles. The summed E-state index contributed by atoms with van der Waals surface area (Å²) in [6.45, 7) is 13.3. The van der Waals surface area contributed by atoms with Gasteiger partial charge in [0.05, 0.1) is 47.6 Å². The summed E-state index contributed by atoms with van der Waals surface area (Å²) in [6, 6.07) is 5.90. The molecule has 0 fully saturated rings. The van der Waals surface area contributed by atoms with Crippen LogP contribution in [0, 0.1) is 19.8 Å². The largest absolute Gasteiger partial charge is 0.481 e. The van der Waals surface area contributed by atoms with E-state index in [2.05, 4.69) is 35.2 Å². The normalized spacial score (nSPS) is 15.8. The maximum atomic E-state index is 14.3. The summed E-state index contributed by atoms with van der Waals surface area (Å²) in [4.78, 5) is 81.9. The minimum Gasteiger partial charge on any atom is -0.481 e. The summed E-state index contributed by atoms with van der Waals surface area (Å²) in [5.74, 6) is -4.54. The van der Waals surface area contributed by atoms with Crippen molar-refractivity contribution in [2.75, 3.05) is 20.3 Å². The first-order valence-electron chi connectivity index (χ1n) is 19.3. The second-order valence-corrected chi connectivity index (χ2v) is 14.7. The Kier molecular flexibility index (Phi) is 13.1. The first-order valence-corrected chi connectivity index (χ1v) is 19.3. The Morgan fingerprint density at radius 3 is 2.14 bits per heavy atom. The Labute approximate surface area is 326 Å². The first kappa shape index (κ1) is 41.7. The van der Waals surface area contributed by atoms with Crippen molar-refractivity contribution >= 4 is 62.6 Å². The van der Waals surface area contributed by atoms with E-state index in [-0.39, 0.29) is 68.3 Å². The number of ether oxygens (including phenoxy) is 1. The van der Waals surface area contributed by atoms with E-state index in [1.54, 1.807) is 13.8 Å². The Bertz CT molecular complexity index is 2280. The quantitative estimate of drug-likeness (QED) is 0.105. The number of aryl methyl sites for hydroxylation is 3. The molecule has 56 heavy (non-hydrogen) atoms. The van der Waals surface area contributed by atoms with Crippen LogP contribution in [0.2, 0.25) is 0 Å². The summed E-state index contributed by atoms with van der Waals surface area (Å²) >= 11 is 0. The Morgan fingerprint density at radius 2 is 1.52 bits per heavy atom. The zero-order chi connectivity index (χ0) is 41.0. The number of carboxylic acid groups (broad SMARTS) is 1. The van der Waals surface area contributed by atoms with Crippen LogP contribution in [0.25, 0.3) is 33.2 Å². The highest BCUT2D eigenvalue weighted by molar-refractivity contribution is 6.06. The van der Waals surface area contributed by atoms with Gasteiger partial charge >= 0.3 is 11.9 Å². The van der Waals surface area contributed by atoms with E-state index in [0.717, 1.165) is 51.1 Å². The third kappa shape index (κ3) is 8.37. The average Bonchev–Trinajstić information content (AvgIpc) is 3.85. The number of aliphatic carboxylic acids is 1. The van der Waals surface area contributed by atoms with Crippen molar-refractivity contribution in [3.05, 3.63) is 68.8 Å². The van der Waals surface area contributed by atoms with Crippen molar-refractivity contribution in [1.82, 2.24) is 25.3 Å². The third-order valence-electron chi connectivity index (χ3n) is 11.3. The molecule has 0 radical (unpaired) electrons. The molecule has 5 N–H and O–H groups in total. The zero-order valence-electron chi connectivity index (χ0n) is 33.6. The van der Waals surface area contributed by atoms with Gasteiger partial charge in [-0.1, -0.05) is 27.7 Å². The molecule has 5 heterocycles.